The fourth-order valence-corrected chi connectivity index (χ4v) is 4.55. The highest BCUT2D eigenvalue weighted by atomic mass is 16.7. The fourth-order valence-electron chi connectivity index (χ4n) is 4.55. The van der Waals surface area contributed by atoms with Crippen LogP contribution in [0.25, 0.3) is 10.9 Å². The summed E-state index contributed by atoms with van der Waals surface area (Å²) in [5.41, 5.74) is 2.62. The number of nitrogens with one attached hydrogen (secondary N) is 1. The summed E-state index contributed by atoms with van der Waals surface area (Å²) < 4.78 is 16.6. The molecule has 182 valence electrons. The summed E-state index contributed by atoms with van der Waals surface area (Å²) in [5, 5.41) is 3.81. The van der Waals surface area contributed by atoms with Crippen LogP contribution in [-0.4, -0.2) is 50.5 Å². The van der Waals surface area contributed by atoms with Crippen LogP contribution in [0, 0.1) is 0 Å². The molecule has 0 saturated carbocycles. The Morgan fingerprint density at radius 1 is 0.861 bits per heavy atom. The van der Waals surface area contributed by atoms with Crippen LogP contribution in [0.2, 0.25) is 0 Å². The number of hydrogen-bond donors (Lipinski definition) is 1. The zero-order valence-corrected chi connectivity index (χ0v) is 19.7. The van der Waals surface area contributed by atoms with Crippen molar-refractivity contribution in [3.05, 3.63) is 78.9 Å². The Balaban J connectivity index is 1.12. The van der Waals surface area contributed by atoms with E-state index in [9.17, 15) is 4.79 Å². The molecule has 1 fully saturated rings. The van der Waals surface area contributed by atoms with Crippen molar-refractivity contribution >= 4 is 34.0 Å². The standard InChI is InChI=1S/C28H26N4O4/c33-27(29-21-10-11-23-25(17-21)36-19-35-23)18-34-24-8-4-5-20-9-12-26(30-28(20)24)32-15-13-31(14-16-32)22-6-2-1-3-7-22/h1-12,17H,13-16,18-19H2,(H,29,33). The van der Waals surface area contributed by atoms with Gasteiger partial charge in [0.25, 0.3) is 5.91 Å². The third-order valence-corrected chi connectivity index (χ3v) is 6.41. The molecule has 0 atom stereocenters. The highest BCUT2D eigenvalue weighted by Crippen LogP contribution is 2.34. The lowest BCUT2D eigenvalue weighted by Crippen LogP contribution is -2.46. The number of benzene rings is 3. The van der Waals surface area contributed by atoms with E-state index < -0.39 is 0 Å². The van der Waals surface area contributed by atoms with Crippen molar-refractivity contribution in [2.45, 2.75) is 0 Å². The van der Waals surface area contributed by atoms with Crippen LogP contribution in [0.15, 0.2) is 78.9 Å². The van der Waals surface area contributed by atoms with Crippen LogP contribution < -0.4 is 29.3 Å². The summed E-state index contributed by atoms with van der Waals surface area (Å²) in [6.45, 7) is 3.69. The van der Waals surface area contributed by atoms with Gasteiger partial charge in [-0.05, 0) is 42.5 Å². The number of nitrogens with zero attached hydrogens (tertiary/aromatic N) is 3. The number of amides is 1. The molecule has 2 aliphatic rings. The molecule has 2 aliphatic heterocycles. The first-order chi connectivity index (χ1) is 17.7. The molecule has 4 aromatic rings. The average Bonchev–Trinajstić information content (AvgIpc) is 3.40. The molecule has 0 radical (unpaired) electrons. The highest BCUT2D eigenvalue weighted by Gasteiger charge is 2.19. The molecule has 0 unspecified atom stereocenters. The summed E-state index contributed by atoms with van der Waals surface area (Å²) in [6, 6.07) is 25.6. The number of aromatic nitrogens is 1. The zero-order chi connectivity index (χ0) is 24.3. The van der Waals surface area contributed by atoms with Gasteiger partial charge in [-0.3, -0.25) is 4.79 Å². The van der Waals surface area contributed by atoms with Crippen LogP contribution in [0.5, 0.6) is 17.2 Å². The molecule has 6 rings (SSSR count). The predicted octanol–water partition coefficient (Wildman–Crippen LogP) is 4.31. The van der Waals surface area contributed by atoms with Gasteiger partial charge in [-0.1, -0.05) is 30.3 Å². The second-order valence-corrected chi connectivity index (χ2v) is 8.71. The fraction of sp³-hybridized carbons (Fsp3) is 0.214. The van der Waals surface area contributed by atoms with Crippen molar-refractivity contribution in [3.63, 3.8) is 0 Å². The molecule has 1 saturated heterocycles. The average molecular weight is 483 g/mol. The SMILES string of the molecule is O=C(COc1cccc2ccc(N3CCN(c4ccccc4)CC3)nc12)Nc1ccc2c(c1)OCO2. The quantitative estimate of drug-likeness (QED) is 0.439. The summed E-state index contributed by atoms with van der Waals surface area (Å²) in [6.07, 6.45) is 0. The van der Waals surface area contributed by atoms with E-state index >= 15 is 0 Å². The van der Waals surface area contributed by atoms with Gasteiger partial charge < -0.3 is 29.3 Å². The Hall–Kier alpha value is -4.46. The topological polar surface area (TPSA) is 76.2 Å². The molecule has 3 heterocycles. The van der Waals surface area contributed by atoms with E-state index in [4.69, 9.17) is 19.2 Å². The van der Waals surface area contributed by atoms with Crippen molar-refractivity contribution in [1.82, 2.24) is 4.98 Å². The highest BCUT2D eigenvalue weighted by molar-refractivity contribution is 5.93. The van der Waals surface area contributed by atoms with Gasteiger partial charge in [0.1, 0.15) is 17.1 Å². The lowest BCUT2D eigenvalue weighted by Gasteiger charge is -2.36. The van der Waals surface area contributed by atoms with E-state index in [-0.39, 0.29) is 19.3 Å². The summed E-state index contributed by atoms with van der Waals surface area (Å²) in [7, 11) is 0. The molecule has 0 aliphatic carbocycles. The third kappa shape index (κ3) is 4.57. The van der Waals surface area contributed by atoms with Crippen molar-refractivity contribution in [2.75, 3.05) is 54.7 Å². The molecule has 1 aromatic heterocycles. The Morgan fingerprint density at radius 2 is 1.67 bits per heavy atom. The molecule has 8 nitrogen and oxygen atoms in total. The number of para-hydroxylation sites is 2. The van der Waals surface area contributed by atoms with E-state index in [2.05, 4.69) is 51.5 Å². The molecule has 0 spiro atoms. The Bertz CT molecular complexity index is 1390. The number of hydrogen-bond acceptors (Lipinski definition) is 7. The maximum absolute atomic E-state index is 12.5. The molecule has 8 heteroatoms. The second-order valence-electron chi connectivity index (χ2n) is 8.71. The minimum absolute atomic E-state index is 0.130. The minimum atomic E-state index is -0.265. The van der Waals surface area contributed by atoms with Gasteiger partial charge in [0, 0.05) is 49.0 Å². The van der Waals surface area contributed by atoms with Gasteiger partial charge >= 0.3 is 0 Å². The van der Waals surface area contributed by atoms with Gasteiger partial charge in [-0.15, -0.1) is 0 Å². The Kier molecular flexibility index (Phi) is 5.91. The smallest absolute Gasteiger partial charge is 0.262 e. The maximum atomic E-state index is 12.5. The number of anilines is 3. The predicted molar refractivity (Wildman–Crippen MR) is 139 cm³/mol. The number of pyridine rings is 1. The number of carbonyl (C=O) groups is 1. The van der Waals surface area contributed by atoms with Gasteiger partial charge in [-0.2, -0.15) is 0 Å². The first kappa shape index (κ1) is 22.0. The number of fused-ring (bicyclic) bond motifs is 2. The number of piperazine rings is 1. The monoisotopic (exact) mass is 482 g/mol. The van der Waals surface area contributed by atoms with Crippen molar-refractivity contribution in [2.24, 2.45) is 0 Å². The van der Waals surface area contributed by atoms with E-state index in [0.29, 0.717) is 22.9 Å². The second kappa shape index (κ2) is 9.65. The molecule has 1 N–H and O–H groups in total. The van der Waals surface area contributed by atoms with Crippen LogP contribution in [0.4, 0.5) is 17.2 Å². The van der Waals surface area contributed by atoms with Gasteiger partial charge in [0.15, 0.2) is 18.1 Å². The number of ether oxygens (including phenoxy) is 3. The van der Waals surface area contributed by atoms with Crippen LogP contribution in [-0.2, 0) is 4.79 Å². The Labute approximate surface area is 209 Å². The third-order valence-electron chi connectivity index (χ3n) is 6.41. The van der Waals surface area contributed by atoms with Crippen LogP contribution in [0.1, 0.15) is 0 Å². The summed E-state index contributed by atoms with van der Waals surface area (Å²) >= 11 is 0. The summed E-state index contributed by atoms with van der Waals surface area (Å²) in [4.78, 5) is 22.1. The molecule has 3 aromatic carbocycles. The molecular weight excluding hydrogens is 456 g/mol. The minimum Gasteiger partial charge on any atom is -0.481 e. The Morgan fingerprint density at radius 3 is 2.53 bits per heavy atom. The van der Waals surface area contributed by atoms with Crippen LogP contribution >= 0.6 is 0 Å². The van der Waals surface area contributed by atoms with E-state index in [1.54, 1.807) is 18.2 Å². The van der Waals surface area contributed by atoms with Crippen LogP contribution in [0.3, 0.4) is 0 Å². The van der Waals surface area contributed by atoms with E-state index in [0.717, 1.165) is 42.9 Å². The molecule has 0 bridgehead atoms. The molecule has 1 amide bonds. The van der Waals surface area contributed by atoms with E-state index in [1.165, 1.54) is 5.69 Å². The number of rotatable bonds is 6. The normalized spacial score (nSPS) is 14.7. The van der Waals surface area contributed by atoms with E-state index in [1.807, 2.05) is 24.3 Å². The van der Waals surface area contributed by atoms with Crippen molar-refractivity contribution < 1.29 is 19.0 Å². The van der Waals surface area contributed by atoms with Gasteiger partial charge in [0.2, 0.25) is 6.79 Å². The van der Waals surface area contributed by atoms with Crippen molar-refractivity contribution in [1.29, 1.82) is 0 Å². The number of carbonyl (C=O) groups excluding carboxylic acids is 1. The first-order valence-electron chi connectivity index (χ1n) is 12.0. The first-order valence-corrected chi connectivity index (χ1v) is 12.0. The zero-order valence-electron chi connectivity index (χ0n) is 19.7. The largest absolute Gasteiger partial charge is 0.481 e. The summed E-state index contributed by atoms with van der Waals surface area (Å²) in [5.74, 6) is 2.51. The maximum Gasteiger partial charge on any atom is 0.262 e. The lowest BCUT2D eigenvalue weighted by molar-refractivity contribution is -0.118. The van der Waals surface area contributed by atoms with Gasteiger partial charge in [0.05, 0.1) is 0 Å². The molecule has 36 heavy (non-hydrogen) atoms. The van der Waals surface area contributed by atoms with Gasteiger partial charge in [-0.25, -0.2) is 4.98 Å². The molecular formula is C28H26N4O4. The van der Waals surface area contributed by atoms with Crippen molar-refractivity contribution in [3.8, 4) is 17.2 Å². The lowest BCUT2D eigenvalue weighted by atomic mass is 10.2.